The topological polar surface area (TPSA) is 243 Å². The van der Waals surface area contributed by atoms with Gasteiger partial charge in [0, 0.05) is 41.3 Å². The molecular weight excluding hydrogens is 1010 g/mol. The number of aldehydes is 1. The van der Waals surface area contributed by atoms with Gasteiger partial charge >= 0.3 is 30.7 Å². The molecule has 0 fully saturated rings. The molecule has 0 aliphatic rings. The van der Waals surface area contributed by atoms with Crippen LogP contribution in [0.2, 0.25) is 0 Å². The van der Waals surface area contributed by atoms with Gasteiger partial charge in [-0.1, -0.05) is 61.4 Å². The highest BCUT2D eigenvalue weighted by atomic mass is 19.4. The molecule has 0 aliphatic heterocycles. The summed E-state index contributed by atoms with van der Waals surface area (Å²) in [5.74, 6) is -2.40. The SMILES string of the molecule is CC(C)c1cc(C(=O)O)on1.Cc1ccc(N)cc1C(F)(F)F.Cc1ccc(NC(=O)c2cc(C(C)C)no2)cc1C(F)(F)F.Cc1ccc(NC(=O)c2cc([C@H](C)N)no2)cc1C(F)(F)F.O=CC(F)(F)F. The van der Waals surface area contributed by atoms with Crippen molar-refractivity contribution >= 4 is 41.1 Å². The number of nitrogens with two attached hydrogens (primary N) is 2. The Balaban J connectivity index is 0.000000333. The zero-order chi connectivity index (χ0) is 56.0. The minimum atomic E-state index is -4.64. The van der Waals surface area contributed by atoms with Crippen LogP contribution in [0.4, 0.5) is 69.7 Å². The van der Waals surface area contributed by atoms with Crippen molar-refractivity contribution < 1.29 is 90.5 Å². The van der Waals surface area contributed by atoms with E-state index in [1.165, 1.54) is 75.4 Å². The Hall–Kier alpha value is -7.71. The van der Waals surface area contributed by atoms with Crippen LogP contribution >= 0.6 is 0 Å². The number of carboxylic acids is 1. The van der Waals surface area contributed by atoms with E-state index in [0.717, 1.165) is 18.2 Å². The highest BCUT2D eigenvalue weighted by Crippen LogP contribution is 2.35. The van der Waals surface area contributed by atoms with Gasteiger partial charge in [-0.2, -0.15) is 52.7 Å². The number of alkyl halides is 12. The van der Waals surface area contributed by atoms with Crippen LogP contribution in [0.15, 0.2) is 86.4 Å². The first-order valence-electron chi connectivity index (χ1n) is 20.8. The van der Waals surface area contributed by atoms with Crippen LogP contribution in [0.5, 0.6) is 0 Å². The van der Waals surface area contributed by atoms with Crippen LogP contribution in [0.1, 0.15) is 135 Å². The monoisotopic (exact) mass is 1050 g/mol. The van der Waals surface area contributed by atoms with Crippen molar-refractivity contribution in [3.63, 3.8) is 0 Å². The standard InChI is InChI=1S/C15H15F3N2O2.C14H14F3N3O2.C8H8F3N.C7H9NO3.C2HF3O/c1-8(2)12-7-13(22-20-12)14(21)19-10-5-4-9(3)11(6-10)15(16,17)18;1-7-3-4-9(5-10(7)14(15,16)17)19-13(21)12-6-11(8(2)18)20-22-12;1-5-2-3-6(12)4-7(5)8(9,10)11;1-4(2)5-3-6(7(9)10)11-8-5;3-2(4,5)1-6/h4-8H,1-3H3,(H,19,21);3-6,8H,18H2,1-2H3,(H,19,21);2-4H,12H2,1H3;3-4H,1-2H3,(H,9,10);1H/t;8-;;;/m.0.../s1. The van der Waals surface area contributed by atoms with Gasteiger partial charge < -0.3 is 40.8 Å². The molecule has 27 heteroatoms. The number of halogens is 12. The molecule has 6 rings (SSSR count). The lowest BCUT2D eigenvalue weighted by Crippen LogP contribution is -2.13. The number of hydrogen-bond acceptors (Lipinski definition) is 12. The lowest BCUT2D eigenvalue weighted by Gasteiger charge is -2.12. The van der Waals surface area contributed by atoms with Crippen LogP contribution < -0.4 is 22.1 Å². The van der Waals surface area contributed by atoms with Crippen molar-refractivity contribution in [2.75, 3.05) is 16.4 Å². The van der Waals surface area contributed by atoms with Gasteiger partial charge in [0.2, 0.25) is 23.6 Å². The van der Waals surface area contributed by atoms with E-state index >= 15 is 0 Å². The zero-order valence-electron chi connectivity index (χ0n) is 39.6. The Kier molecular flexibility index (Phi) is 21.5. The molecule has 3 aromatic heterocycles. The summed E-state index contributed by atoms with van der Waals surface area (Å²) >= 11 is 0. The summed E-state index contributed by atoms with van der Waals surface area (Å²) in [6.07, 6.45) is -19.0. The number of nitrogens with zero attached hydrogens (tertiary/aromatic N) is 3. The Bertz CT molecular complexity index is 2670. The van der Waals surface area contributed by atoms with Gasteiger partial charge in [0.1, 0.15) is 5.69 Å². The van der Waals surface area contributed by atoms with Crippen LogP contribution in [0.3, 0.4) is 0 Å². The predicted molar refractivity (Wildman–Crippen MR) is 238 cm³/mol. The molecule has 1 atom stereocenters. The number of aryl methyl sites for hydroxylation is 3. The fraction of sp³-hybridized carbons (Fsp3) is 0.326. The third-order valence-corrected chi connectivity index (χ3v) is 9.20. The fourth-order valence-corrected chi connectivity index (χ4v) is 5.28. The minimum Gasteiger partial charge on any atom is -0.475 e. The predicted octanol–water partition coefficient (Wildman–Crippen LogP) is 12.5. The second-order valence-electron chi connectivity index (χ2n) is 15.9. The summed E-state index contributed by atoms with van der Waals surface area (Å²) in [5, 5.41) is 24.1. The molecule has 3 aromatic carbocycles. The Morgan fingerprint density at radius 1 is 0.548 bits per heavy atom. The number of anilines is 3. The van der Waals surface area contributed by atoms with E-state index < -0.39 is 71.5 Å². The van der Waals surface area contributed by atoms with Gasteiger partial charge in [0.05, 0.1) is 28.1 Å². The molecule has 0 spiro atoms. The van der Waals surface area contributed by atoms with Gasteiger partial charge in [0.15, 0.2) is 0 Å². The van der Waals surface area contributed by atoms with E-state index in [2.05, 4.69) is 30.6 Å². The molecule has 0 radical (unpaired) electrons. The normalized spacial score (nSPS) is 11.9. The quantitative estimate of drug-likeness (QED) is 0.0542. The maximum atomic E-state index is 12.8. The molecular formula is C46H47F12N7O8. The molecule has 73 heavy (non-hydrogen) atoms. The molecule has 0 aliphatic carbocycles. The summed E-state index contributed by atoms with van der Waals surface area (Å²) in [5.41, 5.74) is 10.8. The Morgan fingerprint density at radius 2 is 0.863 bits per heavy atom. The summed E-state index contributed by atoms with van der Waals surface area (Å²) in [6.45, 7) is 13.4. The molecule has 7 N–H and O–H groups in total. The first-order chi connectivity index (χ1) is 33.4. The summed E-state index contributed by atoms with van der Waals surface area (Å²) in [4.78, 5) is 42.9. The lowest BCUT2D eigenvalue weighted by molar-refractivity contribution is -0.156. The number of nitrogens with one attached hydrogen (secondary N) is 2. The number of aromatic carboxylic acids is 1. The van der Waals surface area contributed by atoms with Crippen LogP contribution in [0.25, 0.3) is 0 Å². The smallest absolute Gasteiger partial charge is 0.446 e. The van der Waals surface area contributed by atoms with E-state index in [1.807, 2.05) is 27.7 Å². The van der Waals surface area contributed by atoms with E-state index in [1.54, 1.807) is 6.92 Å². The third-order valence-electron chi connectivity index (χ3n) is 9.20. The number of carboxylic acid groups (broad SMARTS) is 1. The minimum absolute atomic E-state index is 0.0154. The summed E-state index contributed by atoms with van der Waals surface area (Å²) < 4.78 is 159. The highest BCUT2D eigenvalue weighted by Gasteiger charge is 2.34. The first-order valence-corrected chi connectivity index (χ1v) is 20.8. The molecule has 15 nitrogen and oxygen atoms in total. The van der Waals surface area contributed by atoms with Crippen LogP contribution in [-0.4, -0.2) is 50.8 Å². The molecule has 3 heterocycles. The molecule has 0 saturated heterocycles. The number of amides is 2. The van der Waals surface area contributed by atoms with E-state index in [0.29, 0.717) is 17.1 Å². The van der Waals surface area contributed by atoms with Crippen LogP contribution in [-0.2, 0) is 23.3 Å². The van der Waals surface area contributed by atoms with E-state index in [4.69, 9.17) is 30.4 Å². The maximum Gasteiger partial charge on any atom is 0.446 e. The Morgan fingerprint density at radius 3 is 1.14 bits per heavy atom. The van der Waals surface area contributed by atoms with Crippen molar-refractivity contribution in [1.82, 2.24) is 15.5 Å². The highest BCUT2D eigenvalue weighted by molar-refractivity contribution is 6.03. The summed E-state index contributed by atoms with van der Waals surface area (Å²) in [6, 6.07) is 14.7. The largest absolute Gasteiger partial charge is 0.475 e. The van der Waals surface area contributed by atoms with Crippen molar-refractivity contribution in [1.29, 1.82) is 0 Å². The maximum absolute atomic E-state index is 12.8. The third kappa shape index (κ3) is 20.1. The number of aromatic nitrogens is 3. The zero-order valence-corrected chi connectivity index (χ0v) is 39.6. The number of benzene rings is 3. The number of carbonyl (C=O) groups is 4. The van der Waals surface area contributed by atoms with Gasteiger partial charge in [-0.25, -0.2) is 4.79 Å². The number of hydrogen-bond donors (Lipinski definition) is 5. The molecule has 2 amide bonds. The number of rotatable bonds is 8. The molecule has 0 saturated carbocycles. The number of carbonyl (C=O) groups excluding carboxylic acids is 3. The van der Waals surface area contributed by atoms with Crippen molar-refractivity contribution in [2.24, 2.45) is 5.73 Å². The second kappa shape index (κ2) is 25.6. The molecule has 0 unspecified atom stereocenters. The van der Waals surface area contributed by atoms with Gasteiger partial charge in [-0.05, 0) is 92.6 Å². The van der Waals surface area contributed by atoms with Gasteiger partial charge in [-0.15, -0.1) is 0 Å². The average molecular weight is 1050 g/mol. The first kappa shape index (κ1) is 61.4. The molecule has 0 bridgehead atoms. The van der Waals surface area contributed by atoms with Crippen molar-refractivity contribution in [3.8, 4) is 0 Å². The number of nitrogen functional groups attached to an aromatic ring is 1. The lowest BCUT2D eigenvalue weighted by atomic mass is 10.1. The van der Waals surface area contributed by atoms with Gasteiger partial charge in [0.25, 0.3) is 11.8 Å². The van der Waals surface area contributed by atoms with Crippen molar-refractivity contribution in [3.05, 3.63) is 141 Å². The van der Waals surface area contributed by atoms with Crippen molar-refractivity contribution in [2.45, 2.75) is 98.0 Å². The summed E-state index contributed by atoms with van der Waals surface area (Å²) in [7, 11) is 0. The second-order valence-corrected chi connectivity index (χ2v) is 15.9. The van der Waals surface area contributed by atoms with Crippen LogP contribution in [0, 0.1) is 20.8 Å². The van der Waals surface area contributed by atoms with E-state index in [-0.39, 0.29) is 62.9 Å². The fourth-order valence-electron chi connectivity index (χ4n) is 5.28. The van der Waals surface area contributed by atoms with Gasteiger partial charge in [-0.3, -0.25) is 14.4 Å². The van der Waals surface area contributed by atoms with E-state index in [9.17, 15) is 67.1 Å². The Labute approximate surface area is 407 Å². The average Bonchev–Trinajstić information content (AvgIpc) is 4.08. The molecule has 398 valence electrons. The molecule has 6 aromatic rings.